The van der Waals surface area contributed by atoms with Crippen molar-refractivity contribution in [2.75, 3.05) is 6.54 Å². The van der Waals surface area contributed by atoms with E-state index in [0.717, 1.165) is 5.56 Å². The molecule has 0 spiro atoms. The van der Waals surface area contributed by atoms with Crippen LogP contribution in [0.2, 0.25) is 0 Å². The van der Waals surface area contributed by atoms with E-state index in [9.17, 15) is 9.59 Å². The van der Waals surface area contributed by atoms with Gasteiger partial charge in [0.2, 0.25) is 11.8 Å². The van der Waals surface area contributed by atoms with Crippen LogP contribution in [-0.2, 0) is 16.1 Å². The van der Waals surface area contributed by atoms with Crippen LogP contribution in [0.3, 0.4) is 0 Å². The molecule has 1 fully saturated rings. The van der Waals surface area contributed by atoms with Gasteiger partial charge in [0.1, 0.15) is 5.92 Å². The largest absolute Gasteiger partial charge is 0.369 e. The third-order valence-electron chi connectivity index (χ3n) is 3.07. The molecule has 5 nitrogen and oxygen atoms in total. The van der Waals surface area contributed by atoms with Gasteiger partial charge in [0.15, 0.2) is 0 Å². The first-order valence-electron chi connectivity index (χ1n) is 5.69. The van der Waals surface area contributed by atoms with Crippen LogP contribution in [-0.4, -0.2) is 23.3 Å². The van der Waals surface area contributed by atoms with E-state index < -0.39 is 11.8 Å². The molecule has 2 rings (SSSR count). The molecule has 0 saturated carbocycles. The quantitative estimate of drug-likeness (QED) is 0.779. The molecule has 1 saturated heterocycles. The Hall–Kier alpha value is -2.35. The summed E-state index contributed by atoms with van der Waals surface area (Å²) in [6.45, 7) is 0.946. The van der Waals surface area contributed by atoms with Crippen LogP contribution in [0.5, 0.6) is 0 Å². The Morgan fingerprint density at radius 3 is 2.94 bits per heavy atom. The maximum atomic E-state index is 11.9. The molecule has 0 radical (unpaired) electrons. The van der Waals surface area contributed by atoms with Crippen LogP contribution in [0.1, 0.15) is 17.5 Å². The second-order valence-corrected chi connectivity index (χ2v) is 4.32. The molecule has 1 aliphatic rings. The molecular weight excluding hydrogens is 230 g/mol. The number of amides is 2. The summed E-state index contributed by atoms with van der Waals surface area (Å²) in [4.78, 5) is 24.5. The fraction of sp³-hybridized carbons (Fsp3) is 0.308. The molecule has 0 unspecified atom stereocenters. The zero-order valence-electron chi connectivity index (χ0n) is 9.80. The number of likely N-dealkylation sites (tertiary alicyclic amines) is 1. The van der Waals surface area contributed by atoms with Gasteiger partial charge in [-0.25, -0.2) is 0 Å². The third-order valence-corrected chi connectivity index (χ3v) is 3.07. The van der Waals surface area contributed by atoms with Crippen molar-refractivity contribution in [3.63, 3.8) is 0 Å². The van der Waals surface area contributed by atoms with E-state index in [2.05, 4.69) is 6.07 Å². The van der Waals surface area contributed by atoms with Gasteiger partial charge in [-0.2, -0.15) is 5.26 Å². The minimum atomic E-state index is -0.691. The molecule has 5 heteroatoms. The number of carbonyl (C=O) groups is 2. The molecule has 1 aromatic carbocycles. The highest BCUT2D eigenvalue weighted by Crippen LogP contribution is 2.20. The van der Waals surface area contributed by atoms with Gasteiger partial charge in [0, 0.05) is 13.1 Å². The smallest absolute Gasteiger partial charge is 0.235 e. The Bertz CT molecular complexity index is 533. The average Bonchev–Trinajstić information content (AvgIpc) is 2.71. The van der Waals surface area contributed by atoms with Gasteiger partial charge in [-0.1, -0.05) is 12.1 Å². The summed E-state index contributed by atoms with van der Waals surface area (Å²) in [6, 6.07) is 9.13. The Balaban J connectivity index is 2.09. The van der Waals surface area contributed by atoms with Gasteiger partial charge in [-0.05, 0) is 24.1 Å². The van der Waals surface area contributed by atoms with Crippen LogP contribution >= 0.6 is 0 Å². The average molecular weight is 243 g/mol. The summed E-state index contributed by atoms with van der Waals surface area (Å²) in [6.07, 6.45) is 0.478. The number of nitrogens with two attached hydrogens (primary N) is 1. The monoisotopic (exact) mass is 243 g/mol. The van der Waals surface area contributed by atoms with Crippen molar-refractivity contribution in [1.82, 2.24) is 4.90 Å². The number of hydrogen-bond donors (Lipinski definition) is 1. The number of rotatable bonds is 3. The first-order chi connectivity index (χ1) is 8.61. The van der Waals surface area contributed by atoms with E-state index in [0.29, 0.717) is 25.1 Å². The summed E-state index contributed by atoms with van der Waals surface area (Å²) in [5.74, 6) is -1.47. The zero-order chi connectivity index (χ0) is 13.1. The highest BCUT2D eigenvalue weighted by molar-refractivity contribution is 6.00. The van der Waals surface area contributed by atoms with Gasteiger partial charge in [0.25, 0.3) is 0 Å². The van der Waals surface area contributed by atoms with Crippen molar-refractivity contribution < 1.29 is 9.59 Å². The lowest BCUT2D eigenvalue weighted by molar-refractivity contribution is -0.136. The molecule has 0 bridgehead atoms. The molecule has 2 amide bonds. The van der Waals surface area contributed by atoms with Gasteiger partial charge in [-0.15, -0.1) is 0 Å². The molecule has 1 aliphatic heterocycles. The number of benzene rings is 1. The number of hydrogen-bond acceptors (Lipinski definition) is 3. The molecule has 92 valence electrons. The normalized spacial score (nSPS) is 18.7. The van der Waals surface area contributed by atoms with Gasteiger partial charge in [0.05, 0.1) is 11.6 Å². The van der Waals surface area contributed by atoms with Crippen molar-refractivity contribution >= 4 is 11.8 Å². The lowest BCUT2D eigenvalue weighted by Gasteiger charge is -2.16. The van der Waals surface area contributed by atoms with E-state index in [1.807, 2.05) is 6.07 Å². The highest BCUT2D eigenvalue weighted by Gasteiger charge is 2.35. The van der Waals surface area contributed by atoms with Gasteiger partial charge < -0.3 is 10.6 Å². The minimum absolute atomic E-state index is 0.218. The van der Waals surface area contributed by atoms with Crippen LogP contribution in [0.4, 0.5) is 0 Å². The number of primary amides is 1. The maximum absolute atomic E-state index is 11.9. The van der Waals surface area contributed by atoms with E-state index >= 15 is 0 Å². The second kappa shape index (κ2) is 4.88. The fourth-order valence-electron chi connectivity index (χ4n) is 2.12. The van der Waals surface area contributed by atoms with E-state index in [4.69, 9.17) is 11.0 Å². The van der Waals surface area contributed by atoms with Crippen LogP contribution < -0.4 is 5.73 Å². The Morgan fingerprint density at radius 1 is 1.56 bits per heavy atom. The predicted molar refractivity (Wildman–Crippen MR) is 63.9 cm³/mol. The van der Waals surface area contributed by atoms with E-state index in [1.54, 1.807) is 23.1 Å². The Labute approximate surface area is 105 Å². The first-order valence-corrected chi connectivity index (χ1v) is 5.69. The van der Waals surface area contributed by atoms with Crippen LogP contribution in [0.15, 0.2) is 24.3 Å². The summed E-state index contributed by atoms with van der Waals surface area (Å²) < 4.78 is 0. The fourth-order valence-corrected chi connectivity index (χ4v) is 2.12. The van der Waals surface area contributed by atoms with Gasteiger partial charge in [-0.3, -0.25) is 9.59 Å². The standard InChI is InChI=1S/C13H13N3O2/c14-7-9-2-1-3-10(6-9)8-16-5-4-11(12(15)17)13(16)18/h1-3,6,11H,4-5,8H2,(H2,15,17)/t11-/m1/s1. The predicted octanol–water partition coefficient (Wildman–Crippen LogP) is 0.392. The Morgan fingerprint density at radius 2 is 2.33 bits per heavy atom. The van der Waals surface area contributed by atoms with Crippen molar-refractivity contribution in [3.05, 3.63) is 35.4 Å². The topological polar surface area (TPSA) is 87.2 Å². The van der Waals surface area contributed by atoms with E-state index in [-0.39, 0.29) is 5.91 Å². The lowest BCUT2D eigenvalue weighted by atomic mass is 10.1. The first kappa shape index (κ1) is 12.1. The summed E-state index contributed by atoms with van der Waals surface area (Å²) in [5, 5.41) is 8.80. The van der Waals surface area contributed by atoms with Gasteiger partial charge >= 0.3 is 0 Å². The third kappa shape index (κ3) is 2.33. The van der Waals surface area contributed by atoms with Crippen molar-refractivity contribution in [2.24, 2.45) is 11.7 Å². The minimum Gasteiger partial charge on any atom is -0.369 e. The van der Waals surface area contributed by atoms with Crippen LogP contribution in [0.25, 0.3) is 0 Å². The molecule has 1 heterocycles. The molecule has 0 aliphatic carbocycles. The number of nitrogens with zero attached hydrogens (tertiary/aromatic N) is 2. The SMILES string of the molecule is N#Cc1cccc(CN2CC[C@H](C(N)=O)C2=O)c1. The lowest BCUT2D eigenvalue weighted by Crippen LogP contribution is -2.33. The van der Waals surface area contributed by atoms with Crippen molar-refractivity contribution in [2.45, 2.75) is 13.0 Å². The summed E-state index contributed by atoms with van der Waals surface area (Å²) >= 11 is 0. The van der Waals surface area contributed by atoms with Crippen molar-refractivity contribution in [1.29, 1.82) is 5.26 Å². The van der Waals surface area contributed by atoms with E-state index in [1.165, 1.54) is 0 Å². The molecule has 2 N–H and O–H groups in total. The Kier molecular flexibility index (Phi) is 3.28. The zero-order valence-corrected chi connectivity index (χ0v) is 9.80. The molecular formula is C13H13N3O2. The second-order valence-electron chi connectivity index (χ2n) is 4.32. The maximum Gasteiger partial charge on any atom is 0.235 e. The molecule has 0 aromatic heterocycles. The molecule has 1 aromatic rings. The summed E-state index contributed by atoms with van der Waals surface area (Å²) in [5.41, 5.74) is 6.60. The van der Waals surface area contributed by atoms with Crippen molar-refractivity contribution in [3.8, 4) is 6.07 Å². The molecule has 1 atom stereocenters. The summed E-state index contributed by atoms with van der Waals surface area (Å²) in [7, 11) is 0. The number of carbonyl (C=O) groups excluding carboxylic acids is 2. The van der Waals surface area contributed by atoms with Crippen LogP contribution in [0, 0.1) is 17.2 Å². The highest BCUT2D eigenvalue weighted by atomic mass is 16.2. The molecule has 18 heavy (non-hydrogen) atoms. The number of nitriles is 1.